The maximum absolute atomic E-state index is 6.22. The van der Waals surface area contributed by atoms with Crippen LogP contribution in [0.15, 0.2) is 18.2 Å². The van der Waals surface area contributed by atoms with E-state index in [2.05, 4.69) is 17.4 Å². The number of ether oxygens (including phenoxy) is 1. The van der Waals surface area contributed by atoms with Crippen molar-refractivity contribution in [1.82, 2.24) is 5.32 Å². The van der Waals surface area contributed by atoms with E-state index in [1.165, 1.54) is 31.2 Å². The Labute approximate surface area is 136 Å². The Morgan fingerprint density at radius 2 is 2.00 bits per heavy atom. The first-order chi connectivity index (χ1) is 10.2. The van der Waals surface area contributed by atoms with Crippen LogP contribution < -0.4 is 5.32 Å². The normalized spacial score (nSPS) is 35.1. The molecule has 21 heavy (non-hydrogen) atoms. The van der Waals surface area contributed by atoms with Crippen molar-refractivity contribution < 1.29 is 4.74 Å². The van der Waals surface area contributed by atoms with E-state index >= 15 is 0 Å². The fourth-order valence-electron chi connectivity index (χ4n) is 4.50. The van der Waals surface area contributed by atoms with Gasteiger partial charge in [-0.2, -0.15) is 0 Å². The van der Waals surface area contributed by atoms with Gasteiger partial charge in [0.15, 0.2) is 0 Å². The van der Waals surface area contributed by atoms with Gasteiger partial charge in [0.1, 0.15) is 0 Å². The topological polar surface area (TPSA) is 21.3 Å². The van der Waals surface area contributed by atoms with Crippen molar-refractivity contribution in [2.24, 2.45) is 11.8 Å². The molecule has 2 aliphatic carbocycles. The molecule has 4 heteroatoms. The zero-order chi connectivity index (χ0) is 14.4. The van der Waals surface area contributed by atoms with Gasteiger partial charge < -0.3 is 10.1 Å². The van der Waals surface area contributed by atoms with Gasteiger partial charge in [0.05, 0.1) is 22.8 Å². The third-order valence-electron chi connectivity index (χ3n) is 5.75. The van der Waals surface area contributed by atoms with Gasteiger partial charge in [-0.15, -0.1) is 0 Å². The Kier molecular flexibility index (Phi) is 3.69. The summed E-state index contributed by atoms with van der Waals surface area (Å²) in [6.45, 7) is 3.03. The first-order valence-electron chi connectivity index (χ1n) is 7.99. The lowest BCUT2D eigenvalue weighted by Gasteiger charge is -2.18. The number of piperidine rings is 1. The summed E-state index contributed by atoms with van der Waals surface area (Å²) < 4.78 is 6.18. The molecule has 1 unspecified atom stereocenters. The molecule has 0 aromatic heterocycles. The number of halogens is 2. The molecule has 1 N–H and O–H groups in total. The van der Waals surface area contributed by atoms with Crippen LogP contribution in [-0.2, 0) is 10.2 Å². The minimum Gasteiger partial charge on any atom is -0.378 e. The molecule has 0 radical (unpaired) electrons. The zero-order valence-corrected chi connectivity index (χ0v) is 13.6. The van der Waals surface area contributed by atoms with E-state index < -0.39 is 0 Å². The van der Waals surface area contributed by atoms with Gasteiger partial charge in [-0.25, -0.2) is 0 Å². The number of hydrogen-bond acceptors (Lipinski definition) is 2. The van der Waals surface area contributed by atoms with E-state index in [0.717, 1.165) is 19.7 Å². The maximum Gasteiger partial charge on any atom is 0.0595 e. The zero-order valence-electron chi connectivity index (χ0n) is 12.1. The molecule has 1 heterocycles. The fraction of sp³-hybridized carbons (Fsp3) is 0.647. The van der Waals surface area contributed by atoms with E-state index in [4.69, 9.17) is 27.9 Å². The number of nitrogens with one attached hydrogen (secondary N) is 1. The summed E-state index contributed by atoms with van der Waals surface area (Å²) in [5, 5.41) is 4.82. The maximum atomic E-state index is 6.22. The largest absolute Gasteiger partial charge is 0.378 e. The van der Waals surface area contributed by atoms with E-state index in [1.54, 1.807) is 0 Å². The SMILES string of the molecule is Clc1ccc(C23CNC[C@H]2[C@@H]3COC2CCCC2)cc1Cl. The van der Waals surface area contributed by atoms with Crippen molar-refractivity contribution in [3.05, 3.63) is 33.8 Å². The van der Waals surface area contributed by atoms with Crippen molar-refractivity contribution >= 4 is 23.2 Å². The highest BCUT2D eigenvalue weighted by atomic mass is 35.5. The molecule has 3 fully saturated rings. The van der Waals surface area contributed by atoms with Crippen molar-refractivity contribution in [2.45, 2.75) is 37.2 Å². The predicted octanol–water partition coefficient (Wildman–Crippen LogP) is 4.04. The van der Waals surface area contributed by atoms with Gasteiger partial charge in [0, 0.05) is 12.0 Å². The van der Waals surface area contributed by atoms with Gasteiger partial charge in [-0.3, -0.25) is 0 Å². The third kappa shape index (κ3) is 2.31. The molecule has 2 saturated carbocycles. The standard InChI is InChI=1S/C17H21Cl2NO/c18-15-6-5-11(7-16(15)19)17-10-20-8-13(17)14(17)9-21-12-3-1-2-4-12/h5-7,12-14,20H,1-4,8-10H2/t13-,14-,17?/m0/s1. The molecule has 1 aromatic rings. The van der Waals surface area contributed by atoms with Crippen LogP contribution in [0.1, 0.15) is 31.2 Å². The number of benzene rings is 1. The number of hydrogen-bond donors (Lipinski definition) is 1. The van der Waals surface area contributed by atoms with Gasteiger partial charge in [-0.05, 0) is 48.9 Å². The second kappa shape index (κ2) is 5.42. The van der Waals surface area contributed by atoms with Gasteiger partial charge in [0.2, 0.25) is 0 Å². The molecule has 0 amide bonds. The summed E-state index contributed by atoms with van der Waals surface area (Å²) in [7, 11) is 0. The van der Waals surface area contributed by atoms with Gasteiger partial charge in [-0.1, -0.05) is 42.1 Å². The lowest BCUT2D eigenvalue weighted by atomic mass is 9.93. The molecule has 3 atom stereocenters. The van der Waals surface area contributed by atoms with Crippen LogP contribution in [0.2, 0.25) is 10.0 Å². The molecule has 1 saturated heterocycles. The second-order valence-electron chi connectivity index (χ2n) is 6.75. The second-order valence-corrected chi connectivity index (χ2v) is 7.57. The molecule has 2 nitrogen and oxygen atoms in total. The highest BCUT2D eigenvalue weighted by Gasteiger charge is 2.67. The van der Waals surface area contributed by atoms with Crippen LogP contribution in [0.4, 0.5) is 0 Å². The smallest absolute Gasteiger partial charge is 0.0595 e. The van der Waals surface area contributed by atoms with Crippen molar-refractivity contribution in [1.29, 1.82) is 0 Å². The molecule has 1 aliphatic heterocycles. The summed E-state index contributed by atoms with van der Waals surface area (Å²) >= 11 is 12.3. The van der Waals surface area contributed by atoms with Crippen molar-refractivity contribution in [3.8, 4) is 0 Å². The minimum atomic E-state index is 0.229. The van der Waals surface area contributed by atoms with Crippen LogP contribution in [0.5, 0.6) is 0 Å². The molecule has 0 spiro atoms. The summed E-state index contributed by atoms with van der Waals surface area (Å²) in [6, 6.07) is 6.12. The Balaban J connectivity index is 1.50. The van der Waals surface area contributed by atoms with Crippen LogP contribution in [0, 0.1) is 11.8 Å². The van der Waals surface area contributed by atoms with Crippen molar-refractivity contribution in [3.63, 3.8) is 0 Å². The van der Waals surface area contributed by atoms with E-state index in [0.29, 0.717) is 28.0 Å². The fourth-order valence-corrected chi connectivity index (χ4v) is 4.80. The Hall–Kier alpha value is -0.280. The third-order valence-corrected chi connectivity index (χ3v) is 6.49. The molecule has 1 aromatic carbocycles. The number of rotatable bonds is 4. The highest BCUT2D eigenvalue weighted by molar-refractivity contribution is 6.42. The van der Waals surface area contributed by atoms with E-state index in [1.807, 2.05) is 6.07 Å². The number of fused-ring (bicyclic) bond motifs is 1. The molecule has 3 aliphatic rings. The van der Waals surface area contributed by atoms with Crippen LogP contribution >= 0.6 is 23.2 Å². The van der Waals surface area contributed by atoms with Gasteiger partial charge >= 0.3 is 0 Å². The minimum absolute atomic E-state index is 0.229. The lowest BCUT2D eigenvalue weighted by molar-refractivity contribution is 0.0445. The van der Waals surface area contributed by atoms with E-state index in [9.17, 15) is 0 Å². The molecule has 4 rings (SSSR count). The molecular weight excluding hydrogens is 305 g/mol. The molecule has 0 bridgehead atoms. The predicted molar refractivity (Wildman–Crippen MR) is 86.2 cm³/mol. The summed E-state index contributed by atoms with van der Waals surface area (Å²) in [5.41, 5.74) is 1.55. The Morgan fingerprint density at radius 3 is 2.76 bits per heavy atom. The van der Waals surface area contributed by atoms with Crippen molar-refractivity contribution in [2.75, 3.05) is 19.7 Å². The Bertz CT molecular complexity index is 544. The average Bonchev–Trinajstić information content (AvgIpc) is 2.93. The first kappa shape index (κ1) is 14.3. The van der Waals surface area contributed by atoms with Crippen LogP contribution in [0.25, 0.3) is 0 Å². The summed E-state index contributed by atoms with van der Waals surface area (Å²) in [4.78, 5) is 0. The van der Waals surface area contributed by atoms with E-state index in [-0.39, 0.29) is 5.41 Å². The van der Waals surface area contributed by atoms with Crippen LogP contribution in [0.3, 0.4) is 0 Å². The monoisotopic (exact) mass is 325 g/mol. The Morgan fingerprint density at radius 1 is 1.19 bits per heavy atom. The highest BCUT2D eigenvalue weighted by Crippen LogP contribution is 2.62. The average molecular weight is 326 g/mol. The molecular formula is C17H21Cl2NO. The summed E-state index contributed by atoms with van der Waals surface area (Å²) in [6.07, 6.45) is 5.66. The quantitative estimate of drug-likeness (QED) is 0.902. The van der Waals surface area contributed by atoms with Crippen LogP contribution in [-0.4, -0.2) is 25.8 Å². The summed E-state index contributed by atoms with van der Waals surface area (Å²) in [5.74, 6) is 1.33. The van der Waals surface area contributed by atoms with Gasteiger partial charge in [0.25, 0.3) is 0 Å². The molecule has 114 valence electrons. The lowest BCUT2D eigenvalue weighted by Crippen LogP contribution is -2.26. The first-order valence-corrected chi connectivity index (χ1v) is 8.75.